The predicted octanol–water partition coefficient (Wildman–Crippen LogP) is 1.80. The van der Waals surface area contributed by atoms with Crippen LogP contribution in [-0.2, 0) is 11.3 Å². The van der Waals surface area contributed by atoms with E-state index in [-0.39, 0.29) is 5.91 Å². The maximum absolute atomic E-state index is 12.1. The SMILES string of the molecule is CCN(C(=O)CNCc1ccc(OC)cc1OC)C1CC1. The van der Waals surface area contributed by atoms with Crippen molar-refractivity contribution in [1.82, 2.24) is 10.2 Å². The third kappa shape index (κ3) is 4.11. The van der Waals surface area contributed by atoms with Crippen molar-refractivity contribution < 1.29 is 14.3 Å². The Hall–Kier alpha value is -1.75. The highest BCUT2D eigenvalue weighted by molar-refractivity contribution is 5.78. The van der Waals surface area contributed by atoms with Gasteiger partial charge in [0.2, 0.25) is 5.91 Å². The molecule has 0 aliphatic heterocycles. The minimum Gasteiger partial charge on any atom is -0.497 e. The first kappa shape index (κ1) is 15.6. The Bertz CT molecular complexity index is 486. The number of benzene rings is 1. The highest BCUT2D eigenvalue weighted by Crippen LogP contribution is 2.26. The zero-order valence-corrected chi connectivity index (χ0v) is 13.0. The molecule has 1 fully saturated rings. The van der Waals surface area contributed by atoms with Gasteiger partial charge in [-0.2, -0.15) is 0 Å². The Kier molecular flexibility index (Phi) is 5.44. The molecule has 0 unspecified atom stereocenters. The van der Waals surface area contributed by atoms with Crippen molar-refractivity contribution in [2.45, 2.75) is 32.4 Å². The molecular formula is C16H24N2O3. The van der Waals surface area contributed by atoms with Crippen LogP contribution in [-0.4, -0.2) is 44.2 Å². The first-order valence-corrected chi connectivity index (χ1v) is 7.40. The molecule has 0 aromatic heterocycles. The summed E-state index contributed by atoms with van der Waals surface area (Å²) in [6, 6.07) is 6.17. The molecule has 21 heavy (non-hydrogen) atoms. The van der Waals surface area contributed by atoms with Gasteiger partial charge in [-0.05, 0) is 25.8 Å². The van der Waals surface area contributed by atoms with E-state index in [1.165, 1.54) is 0 Å². The van der Waals surface area contributed by atoms with Gasteiger partial charge >= 0.3 is 0 Å². The standard InChI is InChI=1S/C16H24N2O3/c1-4-18(13-6-7-13)16(19)11-17-10-12-5-8-14(20-2)9-15(12)21-3/h5,8-9,13,17H,4,6-7,10-11H2,1-3H3. The minimum absolute atomic E-state index is 0.174. The topological polar surface area (TPSA) is 50.8 Å². The maximum Gasteiger partial charge on any atom is 0.236 e. The van der Waals surface area contributed by atoms with E-state index >= 15 is 0 Å². The zero-order valence-electron chi connectivity index (χ0n) is 13.0. The normalized spacial score (nSPS) is 13.9. The van der Waals surface area contributed by atoms with Gasteiger partial charge in [0, 0.05) is 30.8 Å². The molecule has 1 aliphatic rings. The molecule has 5 nitrogen and oxygen atoms in total. The first-order valence-electron chi connectivity index (χ1n) is 7.40. The van der Waals surface area contributed by atoms with E-state index in [9.17, 15) is 4.79 Å². The second kappa shape index (κ2) is 7.31. The van der Waals surface area contributed by atoms with Crippen LogP contribution >= 0.6 is 0 Å². The minimum atomic E-state index is 0.174. The highest BCUT2D eigenvalue weighted by atomic mass is 16.5. The van der Waals surface area contributed by atoms with E-state index in [0.717, 1.165) is 36.4 Å². The van der Waals surface area contributed by atoms with Crippen LogP contribution in [0.3, 0.4) is 0 Å². The van der Waals surface area contributed by atoms with Crippen LogP contribution in [0.2, 0.25) is 0 Å². The average Bonchev–Trinajstić information content (AvgIpc) is 3.33. The smallest absolute Gasteiger partial charge is 0.236 e. The summed E-state index contributed by atoms with van der Waals surface area (Å²) in [6.07, 6.45) is 2.29. The largest absolute Gasteiger partial charge is 0.497 e. The molecule has 1 N–H and O–H groups in total. The molecular weight excluding hydrogens is 268 g/mol. The van der Waals surface area contributed by atoms with Crippen molar-refractivity contribution in [3.8, 4) is 11.5 Å². The first-order chi connectivity index (χ1) is 10.2. The number of nitrogens with zero attached hydrogens (tertiary/aromatic N) is 1. The number of ether oxygens (including phenoxy) is 2. The van der Waals surface area contributed by atoms with Crippen molar-refractivity contribution in [2.24, 2.45) is 0 Å². The average molecular weight is 292 g/mol. The number of rotatable bonds is 8. The third-order valence-corrected chi connectivity index (χ3v) is 3.73. The van der Waals surface area contributed by atoms with Crippen molar-refractivity contribution >= 4 is 5.91 Å². The second-order valence-corrected chi connectivity index (χ2v) is 5.19. The van der Waals surface area contributed by atoms with E-state index in [0.29, 0.717) is 19.1 Å². The van der Waals surface area contributed by atoms with Gasteiger partial charge in [-0.25, -0.2) is 0 Å². The fraction of sp³-hybridized carbons (Fsp3) is 0.562. The van der Waals surface area contributed by atoms with Gasteiger partial charge in [0.15, 0.2) is 0 Å². The molecule has 1 aliphatic carbocycles. The summed E-state index contributed by atoms with van der Waals surface area (Å²) in [5, 5.41) is 3.20. The molecule has 116 valence electrons. The number of carbonyl (C=O) groups is 1. The van der Waals surface area contributed by atoms with Crippen molar-refractivity contribution in [2.75, 3.05) is 27.3 Å². The molecule has 1 aromatic carbocycles. The van der Waals surface area contributed by atoms with Crippen LogP contribution in [0.25, 0.3) is 0 Å². The number of hydrogen-bond acceptors (Lipinski definition) is 4. The lowest BCUT2D eigenvalue weighted by molar-refractivity contribution is -0.130. The van der Waals surface area contributed by atoms with E-state index in [1.54, 1.807) is 14.2 Å². The molecule has 1 amide bonds. The van der Waals surface area contributed by atoms with Crippen molar-refractivity contribution in [3.63, 3.8) is 0 Å². The monoisotopic (exact) mass is 292 g/mol. The van der Waals surface area contributed by atoms with Gasteiger partial charge in [0.1, 0.15) is 11.5 Å². The fourth-order valence-corrected chi connectivity index (χ4v) is 2.43. The maximum atomic E-state index is 12.1. The summed E-state index contributed by atoms with van der Waals surface area (Å²) in [5.74, 6) is 1.70. The van der Waals surface area contributed by atoms with Gasteiger partial charge in [-0.3, -0.25) is 4.79 Å². The molecule has 0 bridgehead atoms. The van der Waals surface area contributed by atoms with Crippen LogP contribution in [0, 0.1) is 0 Å². The van der Waals surface area contributed by atoms with Gasteiger partial charge < -0.3 is 19.7 Å². The summed E-state index contributed by atoms with van der Waals surface area (Å²) in [5.41, 5.74) is 1.01. The van der Waals surface area contributed by atoms with Gasteiger partial charge in [-0.1, -0.05) is 6.07 Å². The van der Waals surface area contributed by atoms with Gasteiger partial charge in [-0.15, -0.1) is 0 Å². The van der Waals surface area contributed by atoms with Crippen LogP contribution < -0.4 is 14.8 Å². The van der Waals surface area contributed by atoms with E-state index < -0.39 is 0 Å². The van der Waals surface area contributed by atoms with E-state index in [4.69, 9.17) is 9.47 Å². The van der Waals surface area contributed by atoms with E-state index in [2.05, 4.69) is 5.32 Å². The number of likely N-dealkylation sites (N-methyl/N-ethyl adjacent to an activating group) is 1. The molecule has 0 radical (unpaired) electrons. The van der Waals surface area contributed by atoms with Gasteiger partial charge in [0.25, 0.3) is 0 Å². The summed E-state index contributed by atoms with van der Waals surface area (Å²) >= 11 is 0. The van der Waals surface area contributed by atoms with Crippen LogP contribution in [0.4, 0.5) is 0 Å². The Morgan fingerprint density at radius 1 is 1.33 bits per heavy atom. The quantitative estimate of drug-likeness (QED) is 0.794. The molecule has 1 aromatic rings. The molecule has 0 heterocycles. The number of hydrogen-bond donors (Lipinski definition) is 1. The second-order valence-electron chi connectivity index (χ2n) is 5.19. The van der Waals surface area contributed by atoms with Crippen LogP contribution in [0.1, 0.15) is 25.3 Å². The summed E-state index contributed by atoms with van der Waals surface area (Å²) in [6.45, 7) is 3.78. The molecule has 1 saturated carbocycles. The summed E-state index contributed by atoms with van der Waals surface area (Å²) in [4.78, 5) is 14.1. The number of methoxy groups -OCH3 is 2. The predicted molar refractivity (Wildman–Crippen MR) is 81.7 cm³/mol. The summed E-state index contributed by atoms with van der Waals surface area (Å²) < 4.78 is 10.5. The lowest BCUT2D eigenvalue weighted by Gasteiger charge is -2.20. The van der Waals surface area contributed by atoms with Crippen LogP contribution in [0.15, 0.2) is 18.2 Å². The number of amides is 1. The van der Waals surface area contributed by atoms with Crippen molar-refractivity contribution in [3.05, 3.63) is 23.8 Å². The Labute approximate surface area is 126 Å². The highest BCUT2D eigenvalue weighted by Gasteiger charge is 2.30. The van der Waals surface area contributed by atoms with Crippen molar-refractivity contribution in [1.29, 1.82) is 0 Å². The molecule has 0 atom stereocenters. The third-order valence-electron chi connectivity index (χ3n) is 3.73. The lowest BCUT2D eigenvalue weighted by Crippen LogP contribution is -2.39. The molecule has 0 saturated heterocycles. The Balaban J connectivity index is 1.86. The fourth-order valence-electron chi connectivity index (χ4n) is 2.43. The van der Waals surface area contributed by atoms with Crippen LogP contribution in [0.5, 0.6) is 11.5 Å². The number of nitrogens with one attached hydrogen (secondary N) is 1. The molecule has 0 spiro atoms. The molecule has 5 heteroatoms. The lowest BCUT2D eigenvalue weighted by atomic mass is 10.2. The van der Waals surface area contributed by atoms with E-state index in [1.807, 2.05) is 30.0 Å². The number of carbonyl (C=O) groups excluding carboxylic acids is 1. The molecule has 2 rings (SSSR count). The summed E-state index contributed by atoms with van der Waals surface area (Å²) in [7, 11) is 3.26. The van der Waals surface area contributed by atoms with Gasteiger partial charge in [0.05, 0.1) is 20.8 Å². The zero-order chi connectivity index (χ0) is 15.2. The Morgan fingerprint density at radius 2 is 2.10 bits per heavy atom. The Morgan fingerprint density at radius 3 is 2.67 bits per heavy atom.